The van der Waals surface area contributed by atoms with Crippen LogP contribution in [0.25, 0.3) is 0 Å². The third-order valence-electron chi connectivity index (χ3n) is 3.09. The van der Waals surface area contributed by atoms with E-state index in [0.717, 1.165) is 26.2 Å². The first-order valence-electron chi connectivity index (χ1n) is 5.89. The molecule has 0 bridgehead atoms. The van der Waals surface area contributed by atoms with Crippen LogP contribution >= 0.6 is 36.4 Å². The Hall–Kier alpha value is 0.01000. The zero-order valence-corrected chi connectivity index (χ0v) is 12.9. The Kier molecular flexibility index (Phi) is 9.01. The van der Waals surface area contributed by atoms with Crippen LogP contribution < -0.4 is 5.32 Å². The molecule has 2 unspecified atom stereocenters. The monoisotopic (exact) mass is 310 g/mol. The third-order valence-corrected chi connectivity index (χ3v) is 3.40. The van der Waals surface area contributed by atoms with Gasteiger partial charge in [-0.05, 0) is 12.5 Å². The average molecular weight is 312 g/mol. The molecule has 0 radical (unpaired) electrons. The lowest BCUT2D eigenvalue weighted by Gasteiger charge is -2.35. The lowest BCUT2D eigenvalue weighted by Crippen LogP contribution is -2.53. The fourth-order valence-electron chi connectivity index (χ4n) is 2.13. The van der Waals surface area contributed by atoms with Crippen molar-refractivity contribution >= 4 is 36.4 Å². The maximum absolute atomic E-state index is 6.14. The van der Waals surface area contributed by atoms with Crippen molar-refractivity contribution in [2.75, 3.05) is 19.6 Å². The van der Waals surface area contributed by atoms with E-state index in [9.17, 15) is 0 Å². The number of piperazine rings is 1. The molecule has 0 spiro atoms. The second kappa shape index (κ2) is 9.00. The van der Waals surface area contributed by atoms with Gasteiger partial charge in [0, 0.05) is 37.6 Å². The SMILES string of the molecule is CC(Cl)C1CN(Cc2ccccc2)CCN1.Cl.Cl. The van der Waals surface area contributed by atoms with Crippen molar-refractivity contribution in [3.63, 3.8) is 0 Å². The molecule has 104 valence electrons. The molecule has 0 aromatic heterocycles. The van der Waals surface area contributed by atoms with Crippen molar-refractivity contribution in [1.29, 1.82) is 0 Å². The predicted octanol–water partition coefficient (Wildman–Crippen LogP) is 2.93. The number of nitrogens with zero attached hydrogens (tertiary/aromatic N) is 1. The molecule has 1 saturated heterocycles. The van der Waals surface area contributed by atoms with Crippen LogP contribution in [-0.4, -0.2) is 36.0 Å². The van der Waals surface area contributed by atoms with Crippen LogP contribution in [0.4, 0.5) is 0 Å². The molecule has 1 heterocycles. The van der Waals surface area contributed by atoms with E-state index in [-0.39, 0.29) is 30.2 Å². The van der Waals surface area contributed by atoms with Gasteiger partial charge >= 0.3 is 0 Å². The van der Waals surface area contributed by atoms with Gasteiger partial charge in [-0.1, -0.05) is 30.3 Å². The number of benzene rings is 1. The average Bonchev–Trinajstić information content (AvgIpc) is 2.30. The molecule has 1 aromatic carbocycles. The Morgan fingerprint density at radius 1 is 1.33 bits per heavy atom. The van der Waals surface area contributed by atoms with Crippen molar-refractivity contribution in [3.05, 3.63) is 35.9 Å². The molecule has 5 heteroatoms. The Morgan fingerprint density at radius 2 is 2.00 bits per heavy atom. The minimum atomic E-state index is 0. The summed E-state index contributed by atoms with van der Waals surface area (Å²) in [4.78, 5) is 2.47. The Morgan fingerprint density at radius 3 is 2.61 bits per heavy atom. The Balaban J connectivity index is 0.00000144. The van der Waals surface area contributed by atoms with Crippen LogP contribution in [0, 0.1) is 0 Å². The maximum Gasteiger partial charge on any atom is 0.0473 e. The van der Waals surface area contributed by atoms with Gasteiger partial charge in [-0.15, -0.1) is 36.4 Å². The van der Waals surface area contributed by atoms with Gasteiger partial charge < -0.3 is 5.32 Å². The minimum absolute atomic E-state index is 0. The van der Waals surface area contributed by atoms with Crippen LogP contribution in [0.2, 0.25) is 0 Å². The van der Waals surface area contributed by atoms with Crippen LogP contribution in [-0.2, 0) is 6.54 Å². The van der Waals surface area contributed by atoms with Gasteiger partial charge in [0.15, 0.2) is 0 Å². The number of halogens is 3. The summed E-state index contributed by atoms with van der Waals surface area (Å²) >= 11 is 6.14. The van der Waals surface area contributed by atoms with Crippen LogP contribution in [0.15, 0.2) is 30.3 Å². The fraction of sp³-hybridized carbons (Fsp3) is 0.538. The normalized spacial score (nSPS) is 21.6. The van der Waals surface area contributed by atoms with Gasteiger partial charge in [0.1, 0.15) is 0 Å². The standard InChI is InChI=1S/C13H19ClN2.2ClH/c1-11(14)13-10-16(8-7-15-13)9-12-5-3-2-4-6-12;;/h2-6,11,13,15H,7-10H2,1H3;2*1H. The van der Waals surface area contributed by atoms with E-state index < -0.39 is 0 Å². The van der Waals surface area contributed by atoms with Gasteiger partial charge in [-0.2, -0.15) is 0 Å². The fourth-order valence-corrected chi connectivity index (χ4v) is 2.30. The van der Waals surface area contributed by atoms with E-state index in [0.29, 0.717) is 6.04 Å². The highest BCUT2D eigenvalue weighted by Crippen LogP contribution is 2.11. The predicted molar refractivity (Wildman–Crippen MR) is 83.3 cm³/mol. The zero-order valence-electron chi connectivity index (χ0n) is 10.5. The lowest BCUT2D eigenvalue weighted by molar-refractivity contribution is 0.191. The van der Waals surface area contributed by atoms with Crippen molar-refractivity contribution in [2.24, 2.45) is 0 Å². The van der Waals surface area contributed by atoms with Crippen molar-refractivity contribution in [2.45, 2.75) is 24.9 Å². The van der Waals surface area contributed by atoms with E-state index in [2.05, 4.69) is 47.5 Å². The molecular weight excluding hydrogens is 291 g/mol. The first-order chi connectivity index (χ1) is 7.75. The molecule has 0 saturated carbocycles. The number of hydrogen-bond acceptors (Lipinski definition) is 2. The molecule has 0 amide bonds. The Bertz CT molecular complexity index is 319. The molecule has 1 aliphatic heterocycles. The molecule has 1 N–H and O–H groups in total. The largest absolute Gasteiger partial charge is 0.310 e. The summed E-state index contributed by atoms with van der Waals surface area (Å²) in [6.07, 6.45) is 0. The summed E-state index contributed by atoms with van der Waals surface area (Å²) in [6.45, 7) is 6.27. The van der Waals surface area contributed by atoms with E-state index in [1.807, 2.05) is 0 Å². The summed E-state index contributed by atoms with van der Waals surface area (Å²) in [5.41, 5.74) is 1.38. The van der Waals surface area contributed by atoms with Gasteiger partial charge in [0.25, 0.3) is 0 Å². The van der Waals surface area contributed by atoms with Crippen molar-refractivity contribution in [1.82, 2.24) is 10.2 Å². The summed E-state index contributed by atoms with van der Waals surface area (Å²) in [6, 6.07) is 11.0. The van der Waals surface area contributed by atoms with Crippen LogP contribution in [0.1, 0.15) is 12.5 Å². The molecule has 0 aliphatic carbocycles. The second-order valence-corrected chi connectivity index (χ2v) is 5.15. The van der Waals surface area contributed by atoms with Gasteiger partial charge in [-0.25, -0.2) is 0 Å². The molecule has 18 heavy (non-hydrogen) atoms. The first-order valence-corrected chi connectivity index (χ1v) is 6.33. The quantitative estimate of drug-likeness (QED) is 0.864. The summed E-state index contributed by atoms with van der Waals surface area (Å²) in [5, 5.41) is 3.65. The van der Waals surface area contributed by atoms with E-state index >= 15 is 0 Å². The number of nitrogens with one attached hydrogen (secondary N) is 1. The Labute approximate surface area is 127 Å². The van der Waals surface area contributed by atoms with Gasteiger partial charge in [-0.3, -0.25) is 4.90 Å². The molecule has 2 atom stereocenters. The number of rotatable bonds is 3. The highest BCUT2D eigenvalue weighted by atomic mass is 35.5. The van der Waals surface area contributed by atoms with E-state index in [1.54, 1.807) is 0 Å². The van der Waals surface area contributed by atoms with E-state index in [1.165, 1.54) is 5.56 Å². The van der Waals surface area contributed by atoms with Crippen molar-refractivity contribution in [3.8, 4) is 0 Å². The highest BCUT2D eigenvalue weighted by molar-refractivity contribution is 6.20. The smallest absolute Gasteiger partial charge is 0.0473 e. The van der Waals surface area contributed by atoms with Crippen molar-refractivity contribution < 1.29 is 0 Å². The number of alkyl halides is 1. The first kappa shape index (κ1) is 18.0. The maximum atomic E-state index is 6.14. The lowest BCUT2D eigenvalue weighted by atomic mass is 10.1. The number of hydrogen-bond donors (Lipinski definition) is 1. The van der Waals surface area contributed by atoms with Crippen LogP contribution in [0.3, 0.4) is 0 Å². The zero-order chi connectivity index (χ0) is 11.4. The third kappa shape index (κ3) is 5.33. The highest BCUT2D eigenvalue weighted by Gasteiger charge is 2.22. The molecule has 1 aromatic rings. The summed E-state index contributed by atoms with van der Waals surface area (Å²) in [7, 11) is 0. The second-order valence-electron chi connectivity index (χ2n) is 4.46. The topological polar surface area (TPSA) is 15.3 Å². The summed E-state index contributed by atoms with van der Waals surface area (Å²) in [5.74, 6) is 0. The molecular formula is C13H21Cl3N2. The minimum Gasteiger partial charge on any atom is -0.310 e. The van der Waals surface area contributed by atoms with Gasteiger partial charge in [0.05, 0.1) is 0 Å². The van der Waals surface area contributed by atoms with Crippen LogP contribution in [0.5, 0.6) is 0 Å². The van der Waals surface area contributed by atoms with Gasteiger partial charge in [0.2, 0.25) is 0 Å². The summed E-state index contributed by atoms with van der Waals surface area (Å²) < 4.78 is 0. The molecule has 2 nitrogen and oxygen atoms in total. The molecule has 1 fully saturated rings. The van der Waals surface area contributed by atoms with E-state index in [4.69, 9.17) is 11.6 Å². The molecule has 2 rings (SSSR count). The molecule has 1 aliphatic rings.